The summed E-state index contributed by atoms with van der Waals surface area (Å²) in [6.45, 7) is 2.59. The number of phenols is 1. The predicted molar refractivity (Wildman–Crippen MR) is 92.4 cm³/mol. The summed E-state index contributed by atoms with van der Waals surface area (Å²) < 4.78 is 0. The minimum Gasteiger partial charge on any atom is -0.508 e. The van der Waals surface area contributed by atoms with Gasteiger partial charge in [0.2, 0.25) is 5.91 Å². The van der Waals surface area contributed by atoms with Crippen LogP contribution in [0.1, 0.15) is 22.7 Å². The highest BCUT2D eigenvalue weighted by Gasteiger charge is 2.23. The zero-order valence-electron chi connectivity index (χ0n) is 13.9. The van der Waals surface area contributed by atoms with Crippen molar-refractivity contribution in [2.24, 2.45) is 0 Å². The number of aryl methyl sites for hydroxylation is 1. The molecular formula is C19H24N2O2. The van der Waals surface area contributed by atoms with Crippen LogP contribution in [0, 0.1) is 6.92 Å². The van der Waals surface area contributed by atoms with Gasteiger partial charge in [0.05, 0.1) is 0 Å². The first-order valence-corrected chi connectivity index (χ1v) is 7.76. The summed E-state index contributed by atoms with van der Waals surface area (Å²) in [4.78, 5) is 14.5. The number of hydrogen-bond acceptors (Lipinski definition) is 3. The summed E-state index contributed by atoms with van der Waals surface area (Å²) in [6.07, 6.45) is 0.736. The number of hydrogen-bond donors (Lipinski definition) is 2. The maximum absolute atomic E-state index is 12.6. The van der Waals surface area contributed by atoms with E-state index < -0.39 is 0 Å². The van der Waals surface area contributed by atoms with Gasteiger partial charge in [0.15, 0.2) is 0 Å². The van der Waals surface area contributed by atoms with Crippen LogP contribution < -0.4 is 5.32 Å². The Labute approximate surface area is 137 Å². The monoisotopic (exact) mass is 312 g/mol. The number of carbonyl (C=O) groups excluding carboxylic acids is 1. The van der Waals surface area contributed by atoms with Crippen LogP contribution in [-0.4, -0.2) is 36.6 Å². The third-order valence-corrected chi connectivity index (χ3v) is 3.90. The van der Waals surface area contributed by atoms with Gasteiger partial charge in [-0.2, -0.15) is 0 Å². The molecule has 2 rings (SSSR count). The fraction of sp³-hybridized carbons (Fsp3) is 0.316. The van der Waals surface area contributed by atoms with Crippen molar-refractivity contribution in [1.29, 1.82) is 0 Å². The fourth-order valence-electron chi connectivity index (χ4n) is 2.64. The van der Waals surface area contributed by atoms with Gasteiger partial charge in [-0.15, -0.1) is 0 Å². The first-order valence-electron chi connectivity index (χ1n) is 7.76. The minimum absolute atomic E-state index is 0.00285. The smallest absolute Gasteiger partial charge is 0.241 e. The van der Waals surface area contributed by atoms with Crippen LogP contribution in [0.25, 0.3) is 0 Å². The lowest BCUT2D eigenvalue weighted by Crippen LogP contribution is -2.38. The molecule has 1 unspecified atom stereocenters. The summed E-state index contributed by atoms with van der Waals surface area (Å²) in [6, 6.07) is 14.7. The van der Waals surface area contributed by atoms with E-state index >= 15 is 0 Å². The number of likely N-dealkylation sites (N-methyl/N-ethyl adjacent to an activating group) is 1. The van der Waals surface area contributed by atoms with Crippen molar-refractivity contribution in [3.63, 3.8) is 0 Å². The first-order chi connectivity index (χ1) is 11.0. The van der Waals surface area contributed by atoms with Gasteiger partial charge in [0, 0.05) is 6.54 Å². The molecule has 0 fully saturated rings. The Bertz CT molecular complexity index is 651. The Kier molecular flexibility index (Phi) is 5.77. The van der Waals surface area contributed by atoms with E-state index in [4.69, 9.17) is 0 Å². The predicted octanol–water partition coefficient (Wildman–Crippen LogP) is 2.66. The van der Waals surface area contributed by atoms with E-state index in [0.29, 0.717) is 6.54 Å². The molecule has 0 aliphatic carbocycles. The fourth-order valence-corrected chi connectivity index (χ4v) is 2.64. The second-order valence-electron chi connectivity index (χ2n) is 5.93. The molecular weight excluding hydrogens is 288 g/mol. The average Bonchev–Trinajstić information content (AvgIpc) is 2.51. The van der Waals surface area contributed by atoms with Crippen molar-refractivity contribution in [3.05, 3.63) is 65.2 Å². The van der Waals surface area contributed by atoms with Gasteiger partial charge in [-0.3, -0.25) is 9.69 Å². The Hall–Kier alpha value is -2.33. The number of carbonyl (C=O) groups is 1. The van der Waals surface area contributed by atoms with Gasteiger partial charge in [0.25, 0.3) is 0 Å². The van der Waals surface area contributed by atoms with Crippen molar-refractivity contribution in [3.8, 4) is 5.75 Å². The molecule has 0 aliphatic heterocycles. The molecule has 0 radical (unpaired) electrons. The SMILES string of the molecule is Cc1ccccc1C(C(=O)NCCc1ccc(O)cc1)N(C)C. The molecule has 2 aromatic rings. The number of nitrogens with one attached hydrogen (secondary N) is 1. The molecule has 2 N–H and O–H groups in total. The molecule has 2 aromatic carbocycles. The number of phenolic OH excluding ortho intramolecular Hbond substituents is 1. The summed E-state index contributed by atoms with van der Waals surface area (Å²) in [5.74, 6) is 0.257. The Morgan fingerprint density at radius 1 is 1.13 bits per heavy atom. The van der Waals surface area contributed by atoms with Crippen molar-refractivity contribution in [1.82, 2.24) is 10.2 Å². The van der Waals surface area contributed by atoms with Crippen molar-refractivity contribution < 1.29 is 9.90 Å². The quantitative estimate of drug-likeness (QED) is 0.862. The normalized spacial score (nSPS) is 12.2. The highest BCUT2D eigenvalue weighted by Crippen LogP contribution is 2.21. The van der Waals surface area contributed by atoms with Gasteiger partial charge in [0.1, 0.15) is 11.8 Å². The van der Waals surface area contributed by atoms with E-state index in [0.717, 1.165) is 23.1 Å². The number of nitrogens with zero attached hydrogens (tertiary/aromatic N) is 1. The van der Waals surface area contributed by atoms with Crippen LogP contribution in [0.5, 0.6) is 5.75 Å². The summed E-state index contributed by atoms with van der Waals surface area (Å²) in [5, 5.41) is 12.3. The summed E-state index contributed by atoms with van der Waals surface area (Å²) in [7, 11) is 3.83. The lowest BCUT2D eigenvalue weighted by molar-refractivity contribution is -0.125. The maximum atomic E-state index is 12.6. The van der Waals surface area contributed by atoms with Crippen LogP contribution in [0.3, 0.4) is 0 Å². The van der Waals surface area contributed by atoms with E-state index in [1.165, 1.54) is 0 Å². The first kappa shape index (κ1) is 17.0. The molecule has 0 saturated heterocycles. The molecule has 1 amide bonds. The van der Waals surface area contributed by atoms with Crippen LogP contribution in [0.4, 0.5) is 0 Å². The highest BCUT2D eigenvalue weighted by atomic mass is 16.3. The van der Waals surface area contributed by atoms with Crippen LogP contribution in [-0.2, 0) is 11.2 Å². The molecule has 0 aromatic heterocycles. The third kappa shape index (κ3) is 4.57. The van der Waals surface area contributed by atoms with Gasteiger partial charge in [-0.1, -0.05) is 36.4 Å². The van der Waals surface area contributed by atoms with Gasteiger partial charge < -0.3 is 10.4 Å². The van der Waals surface area contributed by atoms with Crippen LogP contribution in [0.15, 0.2) is 48.5 Å². The molecule has 122 valence electrons. The second-order valence-corrected chi connectivity index (χ2v) is 5.93. The lowest BCUT2D eigenvalue weighted by atomic mass is 10.00. The van der Waals surface area contributed by atoms with E-state index in [1.54, 1.807) is 12.1 Å². The summed E-state index contributed by atoms with van der Waals surface area (Å²) >= 11 is 0. The van der Waals surface area contributed by atoms with E-state index in [9.17, 15) is 9.90 Å². The van der Waals surface area contributed by atoms with Gasteiger partial charge >= 0.3 is 0 Å². The number of rotatable bonds is 6. The zero-order valence-corrected chi connectivity index (χ0v) is 13.9. The van der Waals surface area contributed by atoms with Crippen molar-refractivity contribution >= 4 is 5.91 Å². The van der Waals surface area contributed by atoms with Crippen molar-refractivity contribution in [2.75, 3.05) is 20.6 Å². The number of aromatic hydroxyl groups is 1. The molecule has 0 bridgehead atoms. The largest absolute Gasteiger partial charge is 0.508 e. The minimum atomic E-state index is -0.295. The van der Waals surface area contributed by atoms with E-state index in [-0.39, 0.29) is 17.7 Å². The van der Waals surface area contributed by atoms with Gasteiger partial charge in [-0.25, -0.2) is 0 Å². The van der Waals surface area contributed by atoms with Crippen LogP contribution in [0.2, 0.25) is 0 Å². The van der Waals surface area contributed by atoms with Crippen molar-refractivity contribution in [2.45, 2.75) is 19.4 Å². The molecule has 23 heavy (non-hydrogen) atoms. The highest BCUT2D eigenvalue weighted by molar-refractivity contribution is 5.83. The Morgan fingerprint density at radius 3 is 2.39 bits per heavy atom. The summed E-state index contributed by atoms with van der Waals surface area (Å²) in [5.41, 5.74) is 3.22. The Balaban J connectivity index is 1.99. The molecule has 0 saturated carbocycles. The molecule has 0 spiro atoms. The second kappa shape index (κ2) is 7.79. The molecule has 0 heterocycles. The number of amides is 1. The average molecular weight is 312 g/mol. The zero-order chi connectivity index (χ0) is 16.8. The lowest BCUT2D eigenvalue weighted by Gasteiger charge is -2.25. The van der Waals surface area contributed by atoms with E-state index in [2.05, 4.69) is 5.32 Å². The molecule has 0 aliphatic rings. The molecule has 4 heteroatoms. The molecule has 1 atom stereocenters. The maximum Gasteiger partial charge on any atom is 0.241 e. The van der Waals surface area contributed by atoms with Gasteiger partial charge in [-0.05, 0) is 56.3 Å². The standard InChI is InChI=1S/C19H24N2O2/c1-14-6-4-5-7-17(14)18(21(2)3)19(23)20-13-12-15-8-10-16(22)11-9-15/h4-11,18,22H,12-13H2,1-3H3,(H,20,23). The number of benzene rings is 2. The Morgan fingerprint density at radius 2 is 1.78 bits per heavy atom. The van der Waals surface area contributed by atoms with E-state index in [1.807, 2.05) is 62.3 Å². The third-order valence-electron chi connectivity index (χ3n) is 3.90. The molecule has 4 nitrogen and oxygen atoms in total. The van der Waals surface area contributed by atoms with Crippen LogP contribution >= 0.6 is 0 Å². The topological polar surface area (TPSA) is 52.6 Å².